The summed E-state index contributed by atoms with van der Waals surface area (Å²) in [6.07, 6.45) is 7.00. The van der Waals surface area contributed by atoms with Crippen molar-refractivity contribution in [3.8, 4) is 0 Å². The lowest BCUT2D eigenvalue weighted by atomic mass is 10.4. The number of rotatable bonds is 11. The van der Waals surface area contributed by atoms with Gasteiger partial charge in [-0.15, -0.1) is 7.92 Å². The fourth-order valence-electron chi connectivity index (χ4n) is 3.39. The van der Waals surface area contributed by atoms with Crippen molar-refractivity contribution in [2.45, 2.75) is 116 Å². The maximum atomic E-state index is 2.59. The van der Waals surface area contributed by atoms with Gasteiger partial charge in [-0.2, -0.15) is 0 Å². The van der Waals surface area contributed by atoms with E-state index in [2.05, 4.69) is 62.3 Å². The summed E-state index contributed by atoms with van der Waals surface area (Å²) >= 11 is 0. The standard InChI is InChI=1S/C19H42P2/c1-10-15(5)20(16(6)11-2)14-19(9)21(17(7)12-3)18(8)13-4/h15-19H,10-14H2,1-9H3. The Morgan fingerprint density at radius 3 is 1.14 bits per heavy atom. The van der Waals surface area contributed by atoms with Crippen LogP contribution in [0, 0.1) is 0 Å². The van der Waals surface area contributed by atoms with Crippen molar-refractivity contribution < 1.29 is 0 Å². The Hall–Kier alpha value is 0.860. The van der Waals surface area contributed by atoms with Crippen molar-refractivity contribution in [3.05, 3.63) is 0 Å². The Morgan fingerprint density at radius 2 is 0.857 bits per heavy atom. The second-order valence-electron chi connectivity index (χ2n) is 7.02. The Kier molecular flexibility index (Phi) is 11.9. The lowest BCUT2D eigenvalue weighted by Crippen LogP contribution is -2.23. The molecule has 5 unspecified atom stereocenters. The molecule has 0 fully saturated rings. The predicted octanol–water partition coefficient (Wildman–Crippen LogP) is 7.53. The predicted molar refractivity (Wildman–Crippen MR) is 107 cm³/mol. The molecule has 0 spiro atoms. The van der Waals surface area contributed by atoms with Gasteiger partial charge < -0.3 is 0 Å². The molecule has 0 saturated carbocycles. The van der Waals surface area contributed by atoms with Gasteiger partial charge in [0.05, 0.1) is 0 Å². The van der Waals surface area contributed by atoms with Crippen LogP contribution in [-0.2, 0) is 0 Å². The van der Waals surface area contributed by atoms with Gasteiger partial charge >= 0.3 is 0 Å². The molecule has 2 heteroatoms. The van der Waals surface area contributed by atoms with Gasteiger partial charge in [-0.3, -0.25) is 0 Å². The van der Waals surface area contributed by atoms with Gasteiger partial charge in [0.1, 0.15) is 0 Å². The second-order valence-corrected chi connectivity index (χ2v) is 13.7. The van der Waals surface area contributed by atoms with Crippen LogP contribution in [0.4, 0.5) is 0 Å². The van der Waals surface area contributed by atoms with Gasteiger partial charge in [-0.05, 0) is 60.1 Å². The molecule has 0 nitrogen and oxygen atoms in total. The highest BCUT2D eigenvalue weighted by Gasteiger charge is 2.30. The highest BCUT2D eigenvalue weighted by molar-refractivity contribution is 7.63. The monoisotopic (exact) mass is 332 g/mol. The van der Waals surface area contributed by atoms with E-state index in [0.717, 1.165) is 28.3 Å². The Balaban J connectivity index is 5.01. The van der Waals surface area contributed by atoms with Crippen molar-refractivity contribution in [3.63, 3.8) is 0 Å². The Morgan fingerprint density at radius 1 is 0.524 bits per heavy atom. The fourth-order valence-corrected chi connectivity index (χ4v) is 11.3. The third-order valence-electron chi connectivity index (χ3n) is 5.50. The van der Waals surface area contributed by atoms with Crippen LogP contribution < -0.4 is 0 Å². The smallest absolute Gasteiger partial charge is 0.0193 e. The van der Waals surface area contributed by atoms with Crippen LogP contribution in [0.25, 0.3) is 0 Å². The molecule has 0 saturated heterocycles. The van der Waals surface area contributed by atoms with Gasteiger partial charge in [0, 0.05) is 0 Å². The zero-order chi connectivity index (χ0) is 16.6. The molecule has 0 aliphatic rings. The van der Waals surface area contributed by atoms with E-state index in [1.54, 1.807) is 0 Å². The summed E-state index contributed by atoms with van der Waals surface area (Å²) in [7, 11) is 0.381. The molecule has 0 heterocycles. The normalized spacial score (nSPS) is 22.1. The molecule has 5 atom stereocenters. The average Bonchev–Trinajstić information content (AvgIpc) is 2.50. The van der Waals surface area contributed by atoms with Crippen LogP contribution >= 0.6 is 15.8 Å². The third-order valence-corrected chi connectivity index (χ3v) is 13.7. The van der Waals surface area contributed by atoms with Crippen LogP contribution in [0.1, 0.15) is 88.0 Å². The molecular weight excluding hydrogens is 290 g/mol. The summed E-state index contributed by atoms with van der Waals surface area (Å²) in [6, 6.07) is 0. The van der Waals surface area contributed by atoms with Crippen LogP contribution in [0.5, 0.6) is 0 Å². The lowest BCUT2D eigenvalue weighted by Gasteiger charge is -2.39. The lowest BCUT2D eigenvalue weighted by molar-refractivity contribution is 0.801. The van der Waals surface area contributed by atoms with Crippen LogP contribution in [0.3, 0.4) is 0 Å². The number of hydrogen-bond acceptors (Lipinski definition) is 0. The van der Waals surface area contributed by atoms with Crippen LogP contribution in [-0.4, -0.2) is 34.5 Å². The summed E-state index contributed by atoms with van der Waals surface area (Å²) in [6.45, 7) is 22.2. The summed E-state index contributed by atoms with van der Waals surface area (Å²) in [5.41, 5.74) is 4.73. The van der Waals surface area contributed by atoms with Crippen molar-refractivity contribution in [1.29, 1.82) is 0 Å². The SMILES string of the molecule is CCC(C)P(CC(C)P(C(C)CC)C(C)CC)C(C)CC. The molecule has 0 N–H and O–H groups in total. The summed E-state index contributed by atoms with van der Waals surface area (Å²) in [5.74, 6) is 0. The second kappa shape index (κ2) is 11.4. The first-order valence-electron chi connectivity index (χ1n) is 9.36. The Bertz CT molecular complexity index is 234. The van der Waals surface area contributed by atoms with E-state index in [4.69, 9.17) is 0 Å². The molecule has 0 bridgehead atoms. The highest BCUT2D eigenvalue weighted by Crippen LogP contribution is 2.58. The molecular formula is C19H42P2. The van der Waals surface area contributed by atoms with Crippen molar-refractivity contribution in [2.24, 2.45) is 0 Å². The summed E-state index contributed by atoms with van der Waals surface area (Å²) in [5, 5.41) is 0. The van der Waals surface area contributed by atoms with Gasteiger partial charge in [-0.1, -0.05) is 70.2 Å². The molecule has 0 aliphatic heterocycles. The van der Waals surface area contributed by atoms with E-state index in [1.807, 2.05) is 0 Å². The zero-order valence-electron chi connectivity index (χ0n) is 16.3. The van der Waals surface area contributed by atoms with Gasteiger partial charge in [0.25, 0.3) is 0 Å². The number of hydrogen-bond donors (Lipinski definition) is 0. The molecule has 0 amide bonds. The van der Waals surface area contributed by atoms with E-state index in [-0.39, 0.29) is 15.8 Å². The molecule has 0 aromatic heterocycles. The minimum Gasteiger partial charge on any atom is -0.100 e. The first kappa shape index (κ1) is 21.9. The molecule has 0 aliphatic carbocycles. The largest absolute Gasteiger partial charge is 0.100 e. The maximum absolute atomic E-state index is 2.59. The maximum Gasteiger partial charge on any atom is -0.0193 e. The molecule has 0 aromatic carbocycles. The minimum absolute atomic E-state index is 0.180. The van der Waals surface area contributed by atoms with Crippen LogP contribution in [0.2, 0.25) is 0 Å². The third kappa shape index (κ3) is 6.87. The minimum atomic E-state index is 0.180. The van der Waals surface area contributed by atoms with Crippen molar-refractivity contribution >= 4 is 15.8 Å². The fraction of sp³-hybridized carbons (Fsp3) is 1.00. The first-order chi connectivity index (χ1) is 9.83. The average molecular weight is 332 g/mol. The van der Waals surface area contributed by atoms with E-state index >= 15 is 0 Å². The highest BCUT2D eigenvalue weighted by atomic mass is 31.1. The van der Waals surface area contributed by atoms with Gasteiger partial charge in [0.2, 0.25) is 0 Å². The molecule has 128 valence electrons. The molecule has 21 heavy (non-hydrogen) atoms. The van der Waals surface area contributed by atoms with E-state index < -0.39 is 0 Å². The topological polar surface area (TPSA) is 0 Å². The van der Waals surface area contributed by atoms with E-state index in [0.29, 0.717) is 0 Å². The molecule has 0 rings (SSSR count). The summed E-state index contributed by atoms with van der Waals surface area (Å²) in [4.78, 5) is 0. The summed E-state index contributed by atoms with van der Waals surface area (Å²) < 4.78 is 0. The van der Waals surface area contributed by atoms with E-state index in [1.165, 1.54) is 31.8 Å². The van der Waals surface area contributed by atoms with Crippen molar-refractivity contribution in [2.75, 3.05) is 6.16 Å². The van der Waals surface area contributed by atoms with Crippen molar-refractivity contribution in [1.82, 2.24) is 0 Å². The Labute approximate surface area is 138 Å². The zero-order valence-corrected chi connectivity index (χ0v) is 18.1. The van der Waals surface area contributed by atoms with Gasteiger partial charge in [0.15, 0.2) is 0 Å². The molecule has 0 aromatic rings. The van der Waals surface area contributed by atoms with Crippen LogP contribution in [0.15, 0.2) is 0 Å². The quantitative estimate of drug-likeness (QED) is 0.343. The van der Waals surface area contributed by atoms with E-state index in [9.17, 15) is 0 Å². The first-order valence-corrected chi connectivity index (χ1v) is 12.6. The molecule has 0 radical (unpaired) electrons. The van der Waals surface area contributed by atoms with Gasteiger partial charge in [-0.25, -0.2) is 0 Å².